The second-order valence-corrected chi connectivity index (χ2v) is 5.34. The maximum atomic E-state index is 5.94. The van der Waals surface area contributed by atoms with Gasteiger partial charge in [0.1, 0.15) is 5.52 Å². The number of oxazole rings is 1. The summed E-state index contributed by atoms with van der Waals surface area (Å²) in [6.45, 7) is 3.11. The first-order valence-corrected chi connectivity index (χ1v) is 7.04. The minimum atomic E-state index is 0.711. The van der Waals surface area contributed by atoms with Crippen LogP contribution in [0.15, 0.2) is 40.8 Å². The monoisotopic (exact) mass is 264 g/mol. The van der Waals surface area contributed by atoms with Crippen molar-refractivity contribution >= 4 is 16.8 Å². The van der Waals surface area contributed by atoms with Crippen LogP contribution in [-0.2, 0) is 6.42 Å². The lowest BCUT2D eigenvalue weighted by molar-refractivity contribution is 0.617. The van der Waals surface area contributed by atoms with Gasteiger partial charge >= 0.3 is 0 Å². The fraction of sp³-hybridized carbons (Fsp3) is 0.235. The molecule has 0 amide bonds. The molecule has 0 aliphatic carbocycles. The molecular weight excluding hydrogens is 248 g/mol. The molecule has 1 aromatic heterocycles. The van der Waals surface area contributed by atoms with Gasteiger partial charge in [0.2, 0.25) is 5.89 Å². The number of rotatable bonds is 1. The fourth-order valence-corrected chi connectivity index (χ4v) is 2.82. The van der Waals surface area contributed by atoms with Gasteiger partial charge in [-0.15, -0.1) is 0 Å². The molecule has 4 rings (SSSR count). The van der Waals surface area contributed by atoms with Crippen molar-refractivity contribution in [2.75, 3.05) is 11.9 Å². The molecule has 0 fully saturated rings. The SMILES string of the molecule is Cc1cccc2nc(-c3ccc4c(c3)CCCN4)oc12. The molecule has 1 aliphatic rings. The van der Waals surface area contributed by atoms with E-state index in [1.807, 2.05) is 25.1 Å². The van der Waals surface area contributed by atoms with Crippen molar-refractivity contribution < 1.29 is 4.42 Å². The molecule has 0 unspecified atom stereocenters. The van der Waals surface area contributed by atoms with E-state index in [2.05, 4.69) is 28.5 Å². The highest BCUT2D eigenvalue weighted by Crippen LogP contribution is 2.30. The predicted octanol–water partition coefficient (Wildman–Crippen LogP) is 4.16. The van der Waals surface area contributed by atoms with Crippen LogP contribution in [0.4, 0.5) is 5.69 Å². The van der Waals surface area contributed by atoms with Crippen molar-refractivity contribution in [1.82, 2.24) is 4.98 Å². The first-order valence-electron chi connectivity index (χ1n) is 7.04. The third kappa shape index (κ3) is 1.78. The molecule has 0 saturated heterocycles. The number of nitrogens with zero attached hydrogens (tertiary/aromatic N) is 1. The second kappa shape index (κ2) is 4.37. The number of benzene rings is 2. The molecule has 3 nitrogen and oxygen atoms in total. The Balaban J connectivity index is 1.84. The van der Waals surface area contributed by atoms with E-state index in [-0.39, 0.29) is 0 Å². The number of hydrogen-bond donors (Lipinski definition) is 1. The molecule has 0 spiro atoms. The van der Waals surface area contributed by atoms with E-state index < -0.39 is 0 Å². The first kappa shape index (κ1) is 11.5. The number of anilines is 1. The molecule has 0 saturated carbocycles. The maximum Gasteiger partial charge on any atom is 0.227 e. The van der Waals surface area contributed by atoms with E-state index in [9.17, 15) is 0 Å². The number of aryl methyl sites for hydroxylation is 2. The standard InChI is InChI=1S/C17H16N2O/c1-11-4-2-6-15-16(11)20-17(19-15)13-7-8-14-12(10-13)5-3-9-18-14/h2,4,6-8,10,18H,3,5,9H2,1H3. The molecule has 0 bridgehead atoms. The van der Waals surface area contributed by atoms with E-state index >= 15 is 0 Å². The largest absolute Gasteiger partial charge is 0.436 e. The zero-order chi connectivity index (χ0) is 13.5. The minimum absolute atomic E-state index is 0.711. The Morgan fingerprint density at radius 3 is 3.05 bits per heavy atom. The van der Waals surface area contributed by atoms with Crippen LogP contribution in [0.2, 0.25) is 0 Å². The molecule has 3 heteroatoms. The Bertz CT molecular complexity index is 789. The number of hydrogen-bond acceptors (Lipinski definition) is 3. The summed E-state index contributed by atoms with van der Waals surface area (Å²) in [4.78, 5) is 4.61. The van der Waals surface area contributed by atoms with Crippen molar-refractivity contribution in [3.8, 4) is 11.5 Å². The molecule has 2 aromatic carbocycles. The highest BCUT2D eigenvalue weighted by Gasteiger charge is 2.13. The van der Waals surface area contributed by atoms with Crippen LogP contribution in [-0.4, -0.2) is 11.5 Å². The lowest BCUT2D eigenvalue weighted by atomic mass is 10.0. The van der Waals surface area contributed by atoms with Gasteiger partial charge < -0.3 is 9.73 Å². The minimum Gasteiger partial charge on any atom is -0.436 e. The van der Waals surface area contributed by atoms with Crippen molar-refractivity contribution in [3.63, 3.8) is 0 Å². The predicted molar refractivity (Wildman–Crippen MR) is 81.0 cm³/mol. The average molecular weight is 264 g/mol. The van der Waals surface area contributed by atoms with Crippen LogP contribution in [0.25, 0.3) is 22.6 Å². The average Bonchev–Trinajstić information content (AvgIpc) is 2.92. The summed E-state index contributed by atoms with van der Waals surface area (Å²) in [6, 6.07) is 12.5. The number of aromatic nitrogens is 1. The summed E-state index contributed by atoms with van der Waals surface area (Å²) in [5, 5.41) is 3.43. The summed E-state index contributed by atoms with van der Waals surface area (Å²) in [5.41, 5.74) is 6.60. The van der Waals surface area contributed by atoms with Crippen LogP contribution in [0.5, 0.6) is 0 Å². The van der Waals surface area contributed by atoms with Crippen molar-refractivity contribution in [2.45, 2.75) is 19.8 Å². The smallest absolute Gasteiger partial charge is 0.227 e. The van der Waals surface area contributed by atoms with Gasteiger partial charge in [0.25, 0.3) is 0 Å². The van der Waals surface area contributed by atoms with Gasteiger partial charge in [0, 0.05) is 17.8 Å². The summed E-state index contributed by atoms with van der Waals surface area (Å²) in [6.07, 6.45) is 2.30. The Hall–Kier alpha value is -2.29. The first-order chi connectivity index (χ1) is 9.81. The zero-order valence-electron chi connectivity index (χ0n) is 11.4. The molecule has 100 valence electrons. The Kier molecular flexibility index (Phi) is 2.52. The third-order valence-corrected chi connectivity index (χ3v) is 3.90. The molecule has 0 radical (unpaired) electrons. The molecule has 2 heterocycles. The molecule has 1 N–H and O–H groups in total. The van der Waals surface area contributed by atoms with Gasteiger partial charge in [-0.05, 0) is 55.2 Å². The fourth-order valence-electron chi connectivity index (χ4n) is 2.82. The lowest BCUT2D eigenvalue weighted by Crippen LogP contribution is -2.11. The van der Waals surface area contributed by atoms with Gasteiger partial charge in [-0.1, -0.05) is 12.1 Å². The quantitative estimate of drug-likeness (QED) is 0.717. The lowest BCUT2D eigenvalue weighted by Gasteiger charge is -2.17. The topological polar surface area (TPSA) is 38.1 Å². The molecule has 0 atom stereocenters. The van der Waals surface area contributed by atoms with Crippen molar-refractivity contribution in [3.05, 3.63) is 47.5 Å². The Labute approximate surface area is 117 Å². The molecule has 1 aliphatic heterocycles. The summed E-state index contributed by atoms with van der Waals surface area (Å²) in [7, 11) is 0. The number of fused-ring (bicyclic) bond motifs is 2. The molecular formula is C17H16N2O. The Morgan fingerprint density at radius 2 is 2.15 bits per heavy atom. The third-order valence-electron chi connectivity index (χ3n) is 3.90. The Morgan fingerprint density at radius 1 is 1.20 bits per heavy atom. The number of para-hydroxylation sites is 1. The van der Waals surface area contributed by atoms with E-state index in [1.54, 1.807) is 0 Å². The summed E-state index contributed by atoms with van der Waals surface area (Å²) >= 11 is 0. The van der Waals surface area contributed by atoms with Crippen LogP contribution < -0.4 is 5.32 Å². The van der Waals surface area contributed by atoms with Crippen LogP contribution in [0.3, 0.4) is 0 Å². The second-order valence-electron chi connectivity index (χ2n) is 5.34. The normalized spacial score (nSPS) is 14.1. The number of nitrogens with one attached hydrogen (secondary N) is 1. The van der Waals surface area contributed by atoms with Crippen molar-refractivity contribution in [1.29, 1.82) is 0 Å². The van der Waals surface area contributed by atoms with E-state index in [1.165, 1.54) is 17.7 Å². The van der Waals surface area contributed by atoms with Gasteiger partial charge in [-0.3, -0.25) is 0 Å². The van der Waals surface area contributed by atoms with Gasteiger partial charge in [-0.25, -0.2) is 4.98 Å². The van der Waals surface area contributed by atoms with Crippen molar-refractivity contribution in [2.24, 2.45) is 0 Å². The zero-order valence-corrected chi connectivity index (χ0v) is 11.4. The van der Waals surface area contributed by atoms with Gasteiger partial charge in [0.05, 0.1) is 0 Å². The highest BCUT2D eigenvalue weighted by molar-refractivity contribution is 5.79. The highest BCUT2D eigenvalue weighted by atomic mass is 16.3. The van der Waals surface area contributed by atoms with Crippen LogP contribution in [0.1, 0.15) is 17.5 Å². The van der Waals surface area contributed by atoms with Gasteiger partial charge in [-0.2, -0.15) is 0 Å². The van der Waals surface area contributed by atoms with Crippen LogP contribution in [0, 0.1) is 6.92 Å². The summed E-state index contributed by atoms with van der Waals surface area (Å²) < 4.78 is 5.94. The summed E-state index contributed by atoms with van der Waals surface area (Å²) in [5.74, 6) is 0.711. The maximum absolute atomic E-state index is 5.94. The van der Waals surface area contributed by atoms with Gasteiger partial charge in [0.15, 0.2) is 5.58 Å². The van der Waals surface area contributed by atoms with Crippen LogP contribution >= 0.6 is 0 Å². The molecule has 20 heavy (non-hydrogen) atoms. The van der Waals surface area contributed by atoms with E-state index in [0.29, 0.717) is 5.89 Å². The molecule has 3 aromatic rings. The van der Waals surface area contributed by atoms with E-state index in [0.717, 1.165) is 35.2 Å². The van der Waals surface area contributed by atoms with E-state index in [4.69, 9.17) is 4.42 Å².